The molecule has 0 fully saturated rings. The van der Waals surface area contributed by atoms with E-state index in [1.54, 1.807) is 5.32 Å². The third-order valence-corrected chi connectivity index (χ3v) is 2.62. The molecule has 0 aromatic carbocycles. The molecule has 7 N–H and O–H groups in total. The molecule has 0 saturated carbocycles. The van der Waals surface area contributed by atoms with E-state index in [4.69, 9.17) is 47.4 Å². The molecule has 0 aromatic rings. The zero-order valence-electron chi connectivity index (χ0n) is 38.5. The molecule has 0 saturated heterocycles. The number of alkyl carbamates (subject to hydrolysis) is 2. The van der Waals surface area contributed by atoms with E-state index in [1.807, 2.05) is 5.32 Å². The molecular weight excluding hydrogens is 1090 g/mol. The van der Waals surface area contributed by atoms with Crippen molar-refractivity contribution in [3.63, 3.8) is 0 Å². The van der Waals surface area contributed by atoms with Gasteiger partial charge in [-0.3, -0.25) is 9.59 Å². The number of rotatable bonds is 13. The largest absolute Gasteiger partial charge is 0.480 e. The summed E-state index contributed by atoms with van der Waals surface area (Å²) in [5.41, 5.74) is 3.00. The zero-order chi connectivity index (χ0) is 46.7. The van der Waals surface area contributed by atoms with E-state index in [0.29, 0.717) is 13.3 Å². The van der Waals surface area contributed by atoms with Crippen LogP contribution in [0, 0.1) is 0 Å². The normalized spacial score (nSPS) is 20.8. The molecule has 2 atom stereocenters. The number of carboxylic acid groups (broad SMARTS) is 2. The SMILES string of the molecule is II.I[I-]I.[2H]C([2H])(NC(=O)OC(C)(C)C)C([2H])([2H])C([2H])([2H])C([2H])([2H])[C@H](N)C(=O)O.[2H]C([2H])(NC(=O)OC(C)(C)C)C([2H])([2H])C([2H])([2H])C([2H])([2H])[C@H](NC)C(=O)O. The summed E-state index contributed by atoms with van der Waals surface area (Å²) in [4.78, 5) is 45.4. The van der Waals surface area contributed by atoms with Crippen LogP contribution in [-0.4, -0.2) is 77.7 Å². The van der Waals surface area contributed by atoms with E-state index in [1.165, 1.54) is 46.9 Å². The summed E-state index contributed by atoms with van der Waals surface area (Å²) in [6.45, 7) is 1.91. The van der Waals surface area contributed by atoms with Gasteiger partial charge in [-0.2, -0.15) is 0 Å². The Kier molecular flexibility index (Phi) is 17.6. The Morgan fingerprint density at radius 1 is 0.825 bits per heavy atom. The maximum atomic E-state index is 11.7. The molecule has 242 valence electrons. The third kappa shape index (κ3) is 41.2. The van der Waals surface area contributed by atoms with Gasteiger partial charge in [-0.15, -0.1) is 0 Å². The molecule has 17 heteroatoms. The fourth-order valence-electron chi connectivity index (χ4n) is 1.38. The summed E-state index contributed by atoms with van der Waals surface area (Å²) >= 11 is 9.54. The Labute approximate surface area is 314 Å². The average Bonchev–Trinajstić information content (AvgIpc) is 2.95. The molecule has 0 aromatic heterocycles. The van der Waals surface area contributed by atoms with Gasteiger partial charge in [0.25, 0.3) is 0 Å². The van der Waals surface area contributed by atoms with Crippen LogP contribution in [0.15, 0.2) is 0 Å². The minimum absolute atomic E-state index is 0.530. The van der Waals surface area contributed by atoms with Crippen LogP contribution >= 0.6 is 74.5 Å². The smallest absolute Gasteiger partial charge is 0.407 e. The van der Waals surface area contributed by atoms with Crippen LogP contribution in [0.1, 0.15) is 102 Å². The zero-order valence-corrected chi connectivity index (χ0v) is 33.3. The number of nitrogens with one attached hydrogen (secondary N) is 3. The number of amides is 2. The van der Waals surface area contributed by atoms with Crippen LogP contribution in [-0.2, 0) is 19.1 Å². The van der Waals surface area contributed by atoms with Crippen molar-refractivity contribution in [1.82, 2.24) is 16.0 Å². The molecule has 0 unspecified atom stereocenters. The van der Waals surface area contributed by atoms with Crippen molar-refractivity contribution < 1.29 is 74.1 Å². The van der Waals surface area contributed by atoms with E-state index in [2.05, 4.69) is 74.5 Å². The maximum Gasteiger partial charge on any atom is 0.407 e. The second-order valence-corrected chi connectivity index (χ2v) is 24.5. The quantitative estimate of drug-likeness (QED) is 0.150. The number of nitrogens with two attached hydrogens (primary N) is 1. The molecule has 0 radical (unpaired) electrons. The summed E-state index contributed by atoms with van der Waals surface area (Å²) in [6.07, 6.45) is -24.5. The van der Waals surface area contributed by atoms with Crippen LogP contribution in [0.25, 0.3) is 0 Å². The van der Waals surface area contributed by atoms with Crippen molar-refractivity contribution in [2.45, 2.75) is 103 Å². The first-order valence-electron chi connectivity index (χ1n) is 18.3. The van der Waals surface area contributed by atoms with Crippen molar-refractivity contribution in [1.29, 1.82) is 0 Å². The van der Waals surface area contributed by atoms with Crippen LogP contribution in [0.5, 0.6) is 0 Å². The van der Waals surface area contributed by atoms with Crippen molar-refractivity contribution in [3.8, 4) is 0 Å². The second kappa shape index (κ2) is 30.1. The predicted octanol–water partition coefficient (Wildman–Crippen LogP) is 2.99. The second-order valence-electron chi connectivity index (χ2n) is 8.22. The number of carboxylic acids is 2. The number of hydrogen-bond acceptors (Lipinski definition) is 8. The topological polar surface area (TPSA) is 189 Å². The van der Waals surface area contributed by atoms with Crippen LogP contribution in [0.4, 0.5) is 9.59 Å². The summed E-state index contributed by atoms with van der Waals surface area (Å²) in [5, 5.41) is 22.9. The molecule has 0 aliphatic rings. The molecule has 0 bridgehead atoms. The minimum Gasteiger partial charge on any atom is -0.480 e. The fraction of sp³-hybridized carbons (Fsp3) is 0.826. The van der Waals surface area contributed by atoms with E-state index in [-0.39, 0.29) is 0 Å². The Morgan fingerprint density at radius 3 is 1.45 bits per heavy atom. The van der Waals surface area contributed by atoms with Crippen LogP contribution in [0.2, 0.25) is 0 Å². The third-order valence-electron chi connectivity index (χ3n) is 2.62. The van der Waals surface area contributed by atoms with E-state index in [0.717, 1.165) is 7.05 Å². The Hall–Kier alpha value is 1.05. The number of hydrogen-bond donors (Lipinski definition) is 6. The Balaban J connectivity index is -0.000000433. The molecule has 0 heterocycles. The summed E-state index contributed by atoms with van der Waals surface area (Å²) in [6, 6.07) is -4.65. The van der Waals surface area contributed by atoms with Crippen LogP contribution in [0.3, 0.4) is 0 Å². The molecular formula is C23H46I5N4O8-. The van der Waals surface area contributed by atoms with E-state index in [9.17, 15) is 19.2 Å². The van der Waals surface area contributed by atoms with Gasteiger partial charge < -0.3 is 41.4 Å². The molecule has 40 heavy (non-hydrogen) atoms. The first kappa shape index (κ1) is 23.4. The van der Waals surface area contributed by atoms with Crippen molar-refractivity contribution >= 4 is 98.6 Å². The summed E-state index contributed by atoms with van der Waals surface area (Å²) in [7, 11) is 1.04. The van der Waals surface area contributed by atoms with Gasteiger partial charge in [-0.05, 0) is 86.8 Å². The number of ether oxygens (including phenoxy) is 2. The Morgan fingerprint density at radius 2 is 1.18 bits per heavy atom. The van der Waals surface area contributed by atoms with Gasteiger partial charge in [-0.1, -0.05) is 0 Å². The molecule has 0 aliphatic carbocycles. The number of carbonyl (C=O) groups is 4. The van der Waals surface area contributed by atoms with Crippen molar-refractivity contribution in [2.24, 2.45) is 5.73 Å². The monoisotopic (exact) mass is 1160 g/mol. The first-order valence-corrected chi connectivity index (χ1v) is 29.1. The molecule has 2 amide bonds. The molecule has 0 rings (SSSR count). The summed E-state index contributed by atoms with van der Waals surface area (Å²) < 4.78 is 133. The maximum absolute atomic E-state index is 11.7. The van der Waals surface area contributed by atoms with E-state index >= 15 is 0 Å². The van der Waals surface area contributed by atoms with Crippen LogP contribution < -0.4 is 34.9 Å². The van der Waals surface area contributed by atoms with Gasteiger partial charge in [0.05, 0.1) is 0 Å². The van der Waals surface area contributed by atoms with Gasteiger partial charge in [0.1, 0.15) is 23.3 Å². The standard InChI is InChI=1S/C12H24N2O4.C11H22N2O4.I3.I2/c1-12(2,3)18-11(17)14-8-6-5-7-9(13-4)10(15)16;1-11(2,3)17-10(16)13-7-5-4-6-8(12)9(14)15;1-3-2;1-2/h9,13H,5-8H2,1-4H3,(H,14,17)(H,15,16);8H,4-7,12H2,1-3H3,(H,13,16)(H,14,15);;/q;;-1;/t9-;8-;;/m00../s1/i5D2,6D2,7D2,8D2;4D2,5D2,6D2,7D2;;. The van der Waals surface area contributed by atoms with Gasteiger partial charge in [0.2, 0.25) is 0 Å². The van der Waals surface area contributed by atoms with Gasteiger partial charge in [-0.25, -0.2) is 9.59 Å². The van der Waals surface area contributed by atoms with Crippen molar-refractivity contribution in [3.05, 3.63) is 0 Å². The fourth-order valence-corrected chi connectivity index (χ4v) is 1.38. The predicted molar refractivity (Wildman–Crippen MR) is 188 cm³/mol. The molecule has 12 nitrogen and oxygen atoms in total. The number of halogens is 5. The first-order chi connectivity index (χ1) is 24.4. The van der Waals surface area contributed by atoms with Crippen molar-refractivity contribution in [2.75, 3.05) is 20.0 Å². The summed E-state index contributed by atoms with van der Waals surface area (Å²) in [5.74, 6) is -3.73. The van der Waals surface area contributed by atoms with Gasteiger partial charge >= 0.3 is 74.6 Å². The molecule has 0 aliphatic heterocycles. The van der Waals surface area contributed by atoms with Gasteiger partial charge in [0, 0.05) is 72.2 Å². The average molecular weight is 1160 g/mol. The molecule has 0 spiro atoms. The number of carbonyl (C=O) groups excluding carboxylic acids is 2. The Bertz CT molecular complexity index is 1310. The number of aliphatic carboxylic acids is 2. The number of likely N-dealkylation sites (N-methyl/N-ethyl adjacent to an activating group) is 1. The van der Waals surface area contributed by atoms with Gasteiger partial charge in [0.15, 0.2) is 0 Å². The minimum atomic E-state index is -3.74. The van der Waals surface area contributed by atoms with E-state index < -0.39 is 98.6 Å².